The Bertz CT molecular complexity index is 790. The molecule has 4 unspecified atom stereocenters. The van der Waals surface area contributed by atoms with E-state index in [-0.39, 0.29) is 11.5 Å². The number of aliphatic hydroxyl groups is 2. The molecule has 7 heteroatoms. The molecule has 1 aliphatic carbocycles. The highest BCUT2D eigenvalue weighted by Gasteiger charge is 2.36. The van der Waals surface area contributed by atoms with Gasteiger partial charge in [-0.1, -0.05) is 18.3 Å². The Morgan fingerprint density at radius 1 is 0.962 bits per heavy atom. The SMILES string of the molecule is CN1C=CC(=CC2C(=O)C([O-])C(C=C3C=CN(C)C=C3O)C2[O-])C(O)=C1. The second kappa shape index (κ2) is 6.86. The molecule has 0 aromatic carbocycles. The lowest BCUT2D eigenvalue weighted by atomic mass is 9.95. The van der Waals surface area contributed by atoms with Crippen molar-refractivity contribution in [2.75, 3.05) is 14.1 Å². The van der Waals surface area contributed by atoms with E-state index < -0.39 is 29.8 Å². The molecule has 0 aromatic heterocycles. The standard InChI is InChI=1S/C19H20N2O5/c1-20-5-3-11(15(22)9-20)7-13-17(24)14(19(26)18(13)25)8-12-4-6-21(2)10-16(12)23/h3-10,13-14,17-18,22-23H,1-2H3/q-2. The van der Waals surface area contributed by atoms with E-state index in [0.29, 0.717) is 11.1 Å². The Morgan fingerprint density at radius 2 is 1.46 bits per heavy atom. The lowest BCUT2D eigenvalue weighted by Gasteiger charge is -2.31. The number of rotatable bonds is 2. The van der Waals surface area contributed by atoms with E-state index in [4.69, 9.17) is 0 Å². The van der Waals surface area contributed by atoms with E-state index in [1.165, 1.54) is 24.6 Å². The summed E-state index contributed by atoms with van der Waals surface area (Å²) in [5.74, 6) is -3.04. The van der Waals surface area contributed by atoms with Crippen LogP contribution in [0.3, 0.4) is 0 Å². The first-order chi connectivity index (χ1) is 12.3. The highest BCUT2D eigenvalue weighted by Crippen LogP contribution is 2.32. The average Bonchev–Trinajstić information content (AvgIpc) is 2.77. The van der Waals surface area contributed by atoms with Gasteiger partial charge in [-0.2, -0.15) is 0 Å². The maximum absolute atomic E-state index is 12.7. The van der Waals surface area contributed by atoms with Crippen LogP contribution in [-0.2, 0) is 4.79 Å². The van der Waals surface area contributed by atoms with Gasteiger partial charge in [-0.15, -0.1) is 6.10 Å². The fourth-order valence-electron chi connectivity index (χ4n) is 3.18. The maximum Gasteiger partial charge on any atom is 0.138 e. The summed E-state index contributed by atoms with van der Waals surface area (Å²) < 4.78 is 0. The van der Waals surface area contributed by atoms with Crippen LogP contribution in [-0.4, -0.2) is 52.1 Å². The molecule has 3 aliphatic rings. The monoisotopic (exact) mass is 356 g/mol. The third-order valence-corrected chi connectivity index (χ3v) is 4.64. The summed E-state index contributed by atoms with van der Waals surface area (Å²) in [6.07, 6.45) is 8.97. The molecular weight excluding hydrogens is 336 g/mol. The molecule has 1 saturated carbocycles. The fourth-order valence-corrected chi connectivity index (χ4v) is 3.18. The Hall–Kier alpha value is -2.77. The zero-order valence-corrected chi connectivity index (χ0v) is 14.4. The normalized spacial score (nSPS) is 34.7. The number of allylic oxidation sites excluding steroid dienone is 2. The molecule has 2 heterocycles. The van der Waals surface area contributed by atoms with Gasteiger partial charge < -0.3 is 35.0 Å². The fraction of sp³-hybridized carbons (Fsp3) is 0.316. The van der Waals surface area contributed by atoms with Crippen molar-refractivity contribution >= 4 is 5.78 Å². The Balaban J connectivity index is 1.87. The van der Waals surface area contributed by atoms with Gasteiger partial charge in [0, 0.05) is 56.0 Å². The highest BCUT2D eigenvalue weighted by molar-refractivity contribution is 5.90. The van der Waals surface area contributed by atoms with Crippen LogP contribution in [0.2, 0.25) is 0 Å². The Morgan fingerprint density at radius 3 is 1.96 bits per heavy atom. The summed E-state index contributed by atoms with van der Waals surface area (Å²) in [7, 11) is 3.46. The van der Waals surface area contributed by atoms with E-state index >= 15 is 0 Å². The predicted molar refractivity (Wildman–Crippen MR) is 91.0 cm³/mol. The first kappa shape index (κ1) is 18.0. The van der Waals surface area contributed by atoms with E-state index in [1.54, 1.807) is 48.4 Å². The second-order valence-corrected chi connectivity index (χ2v) is 6.63. The molecule has 0 spiro atoms. The second-order valence-electron chi connectivity index (χ2n) is 6.63. The summed E-state index contributed by atoms with van der Waals surface area (Å²) >= 11 is 0. The van der Waals surface area contributed by atoms with Crippen molar-refractivity contribution in [2.45, 2.75) is 12.2 Å². The van der Waals surface area contributed by atoms with Gasteiger partial charge in [-0.3, -0.25) is 0 Å². The van der Waals surface area contributed by atoms with Crippen LogP contribution in [0.1, 0.15) is 0 Å². The molecule has 4 atom stereocenters. The van der Waals surface area contributed by atoms with Crippen molar-refractivity contribution in [3.63, 3.8) is 0 Å². The van der Waals surface area contributed by atoms with Crippen LogP contribution in [0, 0.1) is 11.8 Å². The third-order valence-electron chi connectivity index (χ3n) is 4.64. The molecule has 2 aliphatic heterocycles. The van der Waals surface area contributed by atoms with Crippen molar-refractivity contribution in [3.05, 3.63) is 71.8 Å². The minimum atomic E-state index is -1.70. The quantitative estimate of drug-likeness (QED) is 0.707. The molecular formula is C19H20N2O5-2. The highest BCUT2D eigenvalue weighted by atomic mass is 16.3. The number of ketones is 1. The van der Waals surface area contributed by atoms with Crippen molar-refractivity contribution < 1.29 is 25.2 Å². The lowest BCUT2D eigenvalue weighted by Crippen LogP contribution is -2.40. The molecule has 0 bridgehead atoms. The minimum Gasteiger partial charge on any atom is -0.851 e. The molecule has 7 nitrogen and oxygen atoms in total. The minimum absolute atomic E-state index is 0.0671. The topological polar surface area (TPSA) is 110 Å². The van der Waals surface area contributed by atoms with Crippen LogP contribution >= 0.6 is 0 Å². The molecule has 138 valence electrons. The number of Topliss-reactive ketones (excluding diaryl/α,β-unsaturated/α-hetero) is 1. The van der Waals surface area contributed by atoms with Crippen molar-refractivity contribution in [1.29, 1.82) is 0 Å². The maximum atomic E-state index is 12.7. The molecule has 1 fully saturated rings. The predicted octanol–water partition coefficient (Wildman–Crippen LogP) is -0.171. The zero-order valence-electron chi connectivity index (χ0n) is 14.4. The number of carbonyl (C=O) groups excluding carboxylic acids is 1. The lowest BCUT2D eigenvalue weighted by molar-refractivity contribution is -0.458. The van der Waals surface area contributed by atoms with Gasteiger partial charge >= 0.3 is 0 Å². The van der Waals surface area contributed by atoms with Crippen LogP contribution in [0.5, 0.6) is 0 Å². The van der Waals surface area contributed by atoms with Crippen molar-refractivity contribution in [3.8, 4) is 0 Å². The summed E-state index contributed by atoms with van der Waals surface area (Å²) in [6.45, 7) is 0. The zero-order chi connectivity index (χ0) is 19.0. The summed E-state index contributed by atoms with van der Waals surface area (Å²) in [5, 5.41) is 45.0. The van der Waals surface area contributed by atoms with Crippen molar-refractivity contribution in [1.82, 2.24) is 9.80 Å². The molecule has 3 rings (SSSR count). The number of hydrogen-bond acceptors (Lipinski definition) is 7. The van der Waals surface area contributed by atoms with Gasteiger partial charge in [0.15, 0.2) is 0 Å². The first-order valence-corrected chi connectivity index (χ1v) is 8.19. The Kier molecular flexibility index (Phi) is 4.76. The first-order valence-electron chi connectivity index (χ1n) is 8.19. The average molecular weight is 356 g/mol. The molecule has 2 N–H and O–H groups in total. The third kappa shape index (κ3) is 3.31. The molecule has 0 saturated heterocycles. The van der Waals surface area contributed by atoms with Gasteiger partial charge in [-0.25, -0.2) is 0 Å². The Labute approximate surface area is 151 Å². The summed E-state index contributed by atoms with van der Waals surface area (Å²) in [5.41, 5.74) is 0.683. The smallest absolute Gasteiger partial charge is 0.138 e. The van der Waals surface area contributed by atoms with Gasteiger partial charge in [0.05, 0.1) is 0 Å². The van der Waals surface area contributed by atoms with E-state index in [0.717, 1.165) is 0 Å². The molecule has 0 amide bonds. The molecule has 0 aromatic rings. The van der Waals surface area contributed by atoms with Gasteiger partial charge in [0.25, 0.3) is 0 Å². The van der Waals surface area contributed by atoms with Crippen molar-refractivity contribution in [2.24, 2.45) is 11.8 Å². The van der Waals surface area contributed by atoms with Crippen LogP contribution in [0.4, 0.5) is 0 Å². The van der Waals surface area contributed by atoms with Crippen LogP contribution in [0.15, 0.2) is 71.8 Å². The van der Waals surface area contributed by atoms with Gasteiger partial charge in [0.2, 0.25) is 0 Å². The van der Waals surface area contributed by atoms with Gasteiger partial charge in [0.1, 0.15) is 17.3 Å². The summed E-state index contributed by atoms with van der Waals surface area (Å²) in [6, 6.07) is 0. The van der Waals surface area contributed by atoms with Crippen LogP contribution < -0.4 is 10.2 Å². The van der Waals surface area contributed by atoms with E-state index in [1.807, 2.05) is 0 Å². The number of hydrogen-bond donors (Lipinski definition) is 2. The largest absolute Gasteiger partial charge is 0.851 e. The number of carbonyl (C=O) groups is 1. The van der Waals surface area contributed by atoms with E-state index in [9.17, 15) is 25.2 Å². The number of nitrogens with zero attached hydrogens (tertiary/aromatic N) is 2. The van der Waals surface area contributed by atoms with Gasteiger partial charge in [-0.05, 0) is 18.1 Å². The summed E-state index contributed by atoms with van der Waals surface area (Å²) in [4.78, 5) is 15.6. The van der Waals surface area contributed by atoms with Crippen LogP contribution in [0.25, 0.3) is 0 Å². The molecule has 26 heavy (non-hydrogen) atoms. The molecule has 0 radical (unpaired) electrons. The van der Waals surface area contributed by atoms with E-state index in [2.05, 4.69) is 0 Å². The number of aliphatic hydroxyl groups excluding tert-OH is 2.